The summed E-state index contributed by atoms with van der Waals surface area (Å²) in [6.45, 7) is 4.19. The highest BCUT2D eigenvalue weighted by atomic mass is 32.1. The third-order valence-electron chi connectivity index (χ3n) is 4.88. The van der Waals surface area contributed by atoms with Gasteiger partial charge in [-0.05, 0) is 60.7 Å². The van der Waals surface area contributed by atoms with Crippen LogP contribution in [0.4, 0.5) is 5.69 Å². The van der Waals surface area contributed by atoms with Crippen molar-refractivity contribution < 1.29 is 9.90 Å². The normalized spacial score (nSPS) is 12.0. The van der Waals surface area contributed by atoms with E-state index >= 15 is 0 Å². The van der Waals surface area contributed by atoms with Crippen LogP contribution in [0.1, 0.15) is 29.8 Å². The summed E-state index contributed by atoms with van der Waals surface area (Å²) in [4.78, 5) is 12.3. The number of hydrogen-bond acceptors (Lipinski definition) is 4. The number of phenolic OH excluding ortho intramolecular Hbond substituents is 1. The average Bonchev–Trinajstić information content (AvgIpc) is 3.10. The molecular weight excluding hydrogens is 356 g/mol. The predicted octanol–water partition coefficient (Wildman–Crippen LogP) is 5.33. The third-order valence-corrected chi connectivity index (χ3v) is 5.73. The van der Waals surface area contributed by atoms with Crippen molar-refractivity contribution in [2.24, 2.45) is 0 Å². The lowest BCUT2D eigenvalue weighted by atomic mass is 9.91. The number of nitrogens with one attached hydrogen (secondary N) is 2. The summed E-state index contributed by atoms with van der Waals surface area (Å²) in [5.41, 5.74) is 5.39. The number of carbonyl (C=O) groups is 1. The maximum absolute atomic E-state index is 11.1. The molecule has 0 aliphatic heterocycles. The molecule has 3 aromatic rings. The number of hydrogen-bond donors (Lipinski definition) is 3. The summed E-state index contributed by atoms with van der Waals surface area (Å²) >= 11 is 1.64. The SMILES string of the molecule is CCC(NC)c1ccc(-c2c(O)ccc(NC=O)c2-c2ccsc2C)cc1. The fourth-order valence-corrected chi connectivity index (χ4v) is 4.19. The summed E-state index contributed by atoms with van der Waals surface area (Å²) in [7, 11) is 1.96. The van der Waals surface area contributed by atoms with Gasteiger partial charge in [-0.15, -0.1) is 11.3 Å². The Morgan fingerprint density at radius 2 is 1.85 bits per heavy atom. The van der Waals surface area contributed by atoms with E-state index in [9.17, 15) is 9.90 Å². The molecule has 1 atom stereocenters. The Labute approximate surface area is 163 Å². The molecule has 0 fully saturated rings. The first-order chi connectivity index (χ1) is 13.1. The zero-order chi connectivity index (χ0) is 19.4. The first-order valence-electron chi connectivity index (χ1n) is 8.98. The smallest absolute Gasteiger partial charge is 0.211 e. The molecule has 0 aliphatic carbocycles. The molecule has 3 N–H and O–H groups in total. The molecule has 3 rings (SSSR count). The van der Waals surface area contributed by atoms with Gasteiger partial charge in [0.15, 0.2) is 0 Å². The van der Waals surface area contributed by atoms with Gasteiger partial charge in [0, 0.05) is 27.7 Å². The van der Waals surface area contributed by atoms with Gasteiger partial charge < -0.3 is 15.7 Å². The second-order valence-corrected chi connectivity index (χ2v) is 7.53. The summed E-state index contributed by atoms with van der Waals surface area (Å²) in [6, 6.07) is 13.9. The Morgan fingerprint density at radius 3 is 2.41 bits per heavy atom. The first kappa shape index (κ1) is 19.1. The van der Waals surface area contributed by atoms with Crippen LogP contribution in [0, 0.1) is 6.92 Å². The van der Waals surface area contributed by atoms with Crippen molar-refractivity contribution in [2.75, 3.05) is 12.4 Å². The van der Waals surface area contributed by atoms with Gasteiger partial charge in [0.2, 0.25) is 6.41 Å². The van der Waals surface area contributed by atoms with E-state index in [0.717, 1.165) is 33.6 Å². The quantitative estimate of drug-likeness (QED) is 0.383. The molecule has 0 saturated heterocycles. The Morgan fingerprint density at radius 1 is 1.11 bits per heavy atom. The first-order valence-corrected chi connectivity index (χ1v) is 9.86. The van der Waals surface area contributed by atoms with Crippen LogP contribution in [-0.4, -0.2) is 18.6 Å². The van der Waals surface area contributed by atoms with Crippen LogP contribution in [0.5, 0.6) is 5.75 Å². The van der Waals surface area contributed by atoms with Crippen LogP contribution in [0.15, 0.2) is 47.8 Å². The lowest BCUT2D eigenvalue weighted by Gasteiger charge is -2.18. The molecule has 1 unspecified atom stereocenters. The summed E-state index contributed by atoms with van der Waals surface area (Å²) < 4.78 is 0. The van der Waals surface area contributed by atoms with Crippen LogP contribution in [0.3, 0.4) is 0 Å². The number of rotatable bonds is 7. The summed E-state index contributed by atoms with van der Waals surface area (Å²) in [5.74, 6) is 0.195. The molecule has 140 valence electrons. The molecule has 1 heterocycles. The number of carbonyl (C=O) groups excluding carboxylic acids is 1. The van der Waals surface area contributed by atoms with E-state index in [1.54, 1.807) is 23.5 Å². The molecule has 27 heavy (non-hydrogen) atoms. The van der Waals surface area contributed by atoms with Gasteiger partial charge in [0.25, 0.3) is 0 Å². The molecule has 0 radical (unpaired) electrons. The third kappa shape index (κ3) is 3.75. The van der Waals surface area contributed by atoms with Crippen LogP contribution >= 0.6 is 11.3 Å². The largest absolute Gasteiger partial charge is 0.507 e. The molecule has 2 aromatic carbocycles. The zero-order valence-electron chi connectivity index (χ0n) is 15.7. The molecule has 5 heteroatoms. The minimum atomic E-state index is 0.195. The van der Waals surface area contributed by atoms with Gasteiger partial charge in [-0.3, -0.25) is 4.79 Å². The molecule has 0 saturated carbocycles. The van der Waals surface area contributed by atoms with Gasteiger partial charge in [-0.1, -0.05) is 31.2 Å². The number of aryl methyl sites for hydroxylation is 1. The fraction of sp³-hybridized carbons (Fsp3) is 0.227. The second kappa shape index (κ2) is 8.37. The fourth-order valence-electron chi connectivity index (χ4n) is 3.48. The number of thiophene rings is 1. The maximum Gasteiger partial charge on any atom is 0.211 e. The van der Waals surface area contributed by atoms with Crippen LogP contribution < -0.4 is 10.6 Å². The highest BCUT2D eigenvalue weighted by molar-refractivity contribution is 7.10. The van der Waals surface area contributed by atoms with E-state index in [0.29, 0.717) is 18.1 Å². The molecule has 4 nitrogen and oxygen atoms in total. The van der Waals surface area contributed by atoms with Gasteiger partial charge in [0.1, 0.15) is 5.75 Å². The lowest BCUT2D eigenvalue weighted by molar-refractivity contribution is -0.105. The maximum atomic E-state index is 11.1. The summed E-state index contributed by atoms with van der Waals surface area (Å²) in [6.07, 6.45) is 1.67. The average molecular weight is 381 g/mol. The van der Waals surface area contributed by atoms with Crippen LogP contribution in [0.2, 0.25) is 0 Å². The van der Waals surface area contributed by atoms with Gasteiger partial charge >= 0.3 is 0 Å². The molecule has 1 aromatic heterocycles. The molecule has 0 bridgehead atoms. The van der Waals surface area contributed by atoms with E-state index in [4.69, 9.17) is 0 Å². The van der Waals surface area contributed by atoms with Crippen molar-refractivity contribution >= 4 is 23.4 Å². The number of benzene rings is 2. The number of amides is 1. The number of aromatic hydroxyl groups is 1. The minimum absolute atomic E-state index is 0.195. The van der Waals surface area contributed by atoms with Gasteiger partial charge in [0.05, 0.1) is 0 Å². The van der Waals surface area contributed by atoms with Crippen LogP contribution in [-0.2, 0) is 4.79 Å². The van der Waals surface area contributed by atoms with Crippen molar-refractivity contribution in [3.05, 3.63) is 58.3 Å². The van der Waals surface area contributed by atoms with Crippen LogP contribution in [0.25, 0.3) is 22.3 Å². The van der Waals surface area contributed by atoms with E-state index in [2.05, 4.69) is 29.7 Å². The predicted molar refractivity (Wildman–Crippen MR) is 113 cm³/mol. The van der Waals surface area contributed by atoms with Crippen molar-refractivity contribution in [3.8, 4) is 28.0 Å². The monoisotopic (exact) mass is 380 g/mol. The Balaban J connectivity index is 2.19. The van der Waals surface area contributed by atoms with Gasteiger partial charge in [-0.2, -0.15) is 0 Å². The molecular formula is C22H24N2O2S. The van der Waals surface area contributed by atoms with Crippen molar-refractivity contribution in [1.29, 1.82) is 0 Å². The molecule has 1 amide bonds. The Bertz CT molecular complexity index is 928. The van der Waals surface area contributed by atoms with Gasteiger partial charge in [-0.25, -0.2) is 0 Å². The second-order valence-electron chi connectivity index (χ2n) is 6.41. The minimum Gasteiger partial charge on any atom is -0.507 e. The Kier molecular flexibility index (Phi) is 5.94. The lowest BCUT2D eigenvalue weighted by Crippen LogP contribution is -2.14. The zero-order valence-corrected chi connectivity index (χ0v) is 16.6. The highest BCUT2D eigenvalue weighted by Gasteiger charge is 2.19. The molecule has 0 spiro atoms. The van der Waals surface area contributed by atoms with E-state index in [1.807, 2.05) is 37.6 Å². The topological polar surface area (TPSA) is 61.4 Å². The van der Waals surface area contributed by atoms with E-state index < -0.39 is 0 Å². The highest BCUT2D eigenvalue weighted by Crippen LogP contribution is 2.45. The van der Waals surface area contributed by atoms with E-state index in [-0.39, 0.29) is 5.75 Å². The van der Waals surface area contributed by atoms with Crippen molar-refractivity contribution in [1.82, 2.24) is 5.32 Å². The van der Waals surface area contributed by atoms with Crippen molar-refractivity contribution in [2.45, 2.75) is 26.3 Å². The summed E-state index contributed by atoms with van der Waals surface area (Å²) in [5, 5.41) is 18.8. The number of phenols is 1. The number of anilines is 1. The molecule has 0 aliphatic rings. The van der Waals surface area contributed by atoms with E-state index in [1.165, 1.54) is 5.56 Å². The van der Waals surface area contributed by atoms with Crippen molar-refractivity contribution in [3.63, 3.8) is 0 Å². The Hall–Kier alpha value is -2.63. The standard InChI is InChI=1S/C22H24N2O2S/c1-4-18(23-3)15-5-7-16(8-6-15)21-20(26)10-9-19(24-13-25)22(21)17-11-12-27-14(17)2/h5-13,18,23,26H,4H2,1-3H3,(H,24,25).